The molecule has 2 rings (SSSR count). The van der Waals surface area contributed by atoms with Gasteiger partial charge in [0.05, 0.1) is 0 Å². The molecule has 1 aromatic carbocycles. The third-order valence-electron chi connectivity index (χ3n) is 3.40. The van der Waals surface area contributed by atoms with Crippen LogP contribution in [0.5, 0.6) is 0 Å². The van der Waals surface area contributed by atoms with Gasteiger partial charge in [-0.05, 0) is 31.3 Å². The topological polar surface area (TPSA) is 41.4 Å². The second-order valence-corrected chi connectivity index (χ2v) is 5.51. The molecule has 0 saturated heterocycles. The van der Waals surface area contributed by atoms with Gasteiger partial charge in [-0.25, -0.2) is 0 Å². The van der Waals surface area contributed by atoms with Gasteiger partial charge < -0.3 is 9.80 Å². The van der Waals surface area contributed by atoms with Gasteiger partial charge in [0.2, 0.25) is 0 Å². The second kappa shape index (κ2) is 6.54. The fourth-order valence-corrected chi connectivity index (χ4v) is 2.31. The number of aromatic nitrogens is 2. The largest absolute Gasteiger partial charge is 0.336 e. The number of aryl methyl sites for hydroxylation is 1. The summed E-state index contributed by atoms with van der Waals surface area (Å²) in [5, 5.41) is 4.05. The molecule has 5 nitrogen and oxygen atoms in total. The number of carbonyl (C=O) groups is 1. The van der Waals surface area contributed by atoms with Crippen LogP contribution in [0.15, 0.2) is 36.5 Å². The summed E-state index contributed by atoms with van der Waals surface area (Å²) in [5.41, 5.74) is 3.01. The minimum Gasteiger partial charge on any atom is -0.336 e. The van der Waals surface area contributed by atoms with Crippen molar-refractivity contribution in [3.8, 4) is 0 Å². The highest BCUT2D eigenvalue weighted by molar-refractivity contribution is 5.92. The molecule has 2 aromatic rings. The van der Waals surface area contributed by atoms with Crippen LogP contribution in [0.4, 0.5) is 0 Å². The molecule has 0 N–H and O–H groups in total. The molecular weight excluding hydrogens is 264 g/mol. The maximum Gasteiger partial charge on any atom is 0.272 e. The Balaban J connectivity index is 2.14. The highest BCUT2D eigenvalue weighted by Gasteiger charge is 2.16. The molecule has 112 valence electrons. The maximum atomic E-state index is 12.4. The molecule has 1 aromatic heterocycles. The van der Waals surface area contributed by atoms with E-state index in [1.165, 1.54) is 11.1 Å². The molecule has 0 radical (unpaired) electrons. The van der Waals surface area contributed by atoms with Crippen molar-refractivity contribution in [2.24, 2.45) is 7.05 Å². The summed E-state index contributed by atoms with van der Waals surface area (Å²) in [6.45, 7) is 1.46. The Kier molecular flexibility index (Phi) is 4.75. The van der Waals surface area contributed by atoms with E-state index in [4.69, 9.17) is 0 Å². The van der Waals surface area contributed by atoms with Crippen LogP contribution in [0.1, 0.15) is 21.6 Å². The Morgan fingerprint density at radius 2 is 1.71 bits per heavy atom. The first kappa shape index (κ1) is 15.3. The van der Waals surface area contributed by atoms with Gasteiger partial charge in [-0.2, -0.15) is 5.10 Å². The van der Waals surface area contributed by atoms with Crippen LogP contribution >= 0.6 is 0 Å². The summed E-state index contributed by atoms with van der Waals surface area (Å²) in [5.74, 6) is -0.0188. The summed E-state index contributed by atoms with van der Waals surface area (Å²) >= 11 is 0. The lowest BCUT2D eigenvalue weighted by Gasteiger charge is -2.20. The van der Waals surface area contributed by atoms with Crippen LogP contribution in [-0.2, 0) is 20.1 Å². The number of benzene rings is 1. The fraction of sp³-hybridized carbons (Fsp3) is 0.375. The number of hydrogen-bond donors (Lipinski definition) is 0. The van der Waals surface area contributed by atoms with Gasteiger partial charge in [-0.15, -0.1) is 0 Å². The van der Waals surface area contributed by atoms with Crippen molar-refractivity contribution in [1.82, 2.24) is 19.6 Å². The van der Waals surface area contributed by atoms with Crippen LogP contribution in [0.2, 0.25) is 0 Å². The first-order chi connectivity index (χ1) is 9.99. The molecule has 21 heavy (non-hydrogen) atoms. The van der Waals surface area contributed by atoms with Gasteiger partial charge in [0.1, 0.15) is 5.69 Å². The minimum absolute atomic E-state index is 0.0188. The van der Waals surface area contributed by atoms with Crippen molar-refractivity contribution < 1.29 is 4.79 Å². The average molecular weight is 286 g/mol. The normalized spacial score (nSPS) is 10.9. The van der Waals surface area contributed by atoms with E-state index in [0.29, 0.717) is 12.2 Å². The molecule has 0 saturated carbocycles. The van der Waals surface area contributed by atoms with E-state index in [2.05, 4.69) is 22.1 Å². The maximum absolute atomic E-state index is 12.4. The molecule has 0 unspecified atom stereocenters. The lowest BCUT2D eigenvalue weighted by molar-refractivity contribution is 0.0773. The van der Waals surface area contributed by atoms with E-state index >= 15 is 0 Å². The highest BCUT2D eigenvalue weighted by Crippen LogP contribution is 2.14. The zero-order valence-electron chi connectivity index (χ0n) is 13.1. The Bertz CT molecular complexity index is 618. The van der Waals surface area contributed by atoms with Gasteiger partial charge in [-0.3, -0.25) is 9.48 Å². The molecule has 0 bridgehead atoms. The van der Waals surface area contributed by atoms with E-state index in [9.17, 15) is 4.79 Å². The van der Waals surface area contributed by atoms with E-state index in [1.54, 1.807) is 28.9 Å². The smallest absolute Gasteiger partial charge is 0.272 e. The van der Waals surface area contributed by atoms with E-state index in [0.717, 1.165) is 6.54 Å². The van der Waals surface area contributed by atoms with Crippen LogP contribution in [0.25, 0.3) is 0 Å². The average Bonchev–Trinajstić information content (AvgIpc) is 2.85. The first-order valence-electron chi connectivity index (χ1n) is 6.94. The molecule has 0 aliphatic carbocycles. The zero-order valence-corrected chi connectivity index (χ0v) is 13.1. The number of carbonyl (C=O) groups excluding carboxylic acids is 1. The number of nitrogens with zero attached hydrogens (tertiary/aromatic N) is 4. The minimum atomic E-state index is -0.0188. The lowest BCUT2D eigenvalue weighted by Crippen LogP contribution is -2.28. The molecular formula is C16H22N4O. The Morgan fingerprint density at radius 3 is 2.24 bits per heavy atom. The van der Waals surface area contributed by atoms with Crippen molar-refractivity contribution in [3.63, 3.8) is 0 Å². The van der Waals surface area contributed by atoms with Crippen molar-refractivity contribution in [2.45, 2.75) is 13.1 Å². The van der Waals surface area contributed by atoms with E-state index < -0.39 is 0 Å². The summed E-state index contributed by atoms with van der Waals surface area (Å²) in [7, 11) is 7.69. The molecule has 1 amide bonds. The molecule has 0 aliphatic heterocycles. The van der Waals surface area contributed by atoms with Crippen molar-refractivity contribution in [1.29, 1.82) is 0 Å². The predicted octanol–water partition coefficient (Wildman–Crippen LogP) is 1.75. The standard InChI is InChI=1S/C16H22N4O/c1-18(2)11-13-7-5-6-8-14(13)12-19(3)16(21)15-9-10-17-20(15)4/h5-10H,11-12H2,1-4H3. The van der Waals surface area contributed by atoms with Gasteiger partial charge >= 0.3 is 0 Å². The van der Waals surface area contributed by atoms with E-state index in [-0.39, 0.29) is 5.91 Å². The Labute approximate surface area is 125 Å². The third kappa shape index (κ3) is 3.70. The summed E-state index contributed by atoms with van der Waals surface area (Å²) in [4.78, 5) is 16.3. The van der Waals surface area contributed by atoms with Gasteiger partial charge in [0.25, 0.3) is 5.91 Å². The van der Waals surface area contributed by atoms with Crippen molar-refractivity contribution >= 4 is 5.91 Å². The van der Waals surface area contributed by atoms with Crippen LogP contribution in [0.3, 0.4) is 0 Å². The fourth-order valence-electron chi connectivity index (χ4n) is 2.31. The second-order valence-electron chi connectivity index (χ2n) is 5.51. The number of amides is 1. The predicted molar refractivity (Wildman–Crippen MR) is 82.8 cm³/mol. The molecule has 1 heterocycles. The van der Waals surface area contributed by atoms with E-state index in [1.807, 2.05) is 33.3 Å². The molecule has 0 fully saturated rings. The van der Waals surface area contributed by atoms with Gasteiger partial charge in [-0.1, -0.05) is 24.3 Å². The summed E-state index contributed by atoms with van der Waals surface area (Å²) in [6.07, 6.45) is 1.64. The molecule has 5 heteroatoms. The zero-order chi connectivity index (χ0) is 15.4. The van der Waals surface area contributed by atoms with Gasteiger partial charge in [0, 0.05) is 33.4 Å². The van der Waals surface area contributed by atoms with Crippen LogP contribution in [-0.4, -0.2) is 46.6 Å². The van der Waals surface area contributed by atoms with Gasteiger partial charge in [0.15, 0.2) is 0 Å². The SMILES string of the molecule is CN(C)Cc1ccccc1CN(C)C(=O)c1ccnn1C. The number of hydrogen-bond acceptors (Lipinski definition) is 3. The Morgan fingerprint density at radius 1 is 1.10 bits per heavy atom. The van der Waals surface area contributed by atoms with Crippen LogP contribution in [0, 0.1) is 0 Å². The third-order valence-corrected chi connectivity index (χ3v) is 3.40. The lowest BCUT2D eigenvalue weighted by atomic mass is 10.1. The van der Waals surface area contributed by atoms with Crippen LogP contribution < -0.4 is 0 Å². The summed E-state index contributed by atoms with van der Waals surface area (Å²) in [6, 6.07) is 9.97. The highest BCUT2D eigenvalue weighted by atomic mass is 16.2. The summed E-state index contributed by atoms with van der Waals surface area (Å²) < 4.78 is 1.60. The number of rotatable bonds is 5. The Hall–Kier alpha value is -2.14. The molecule has 0 aliphatic rings. The molecule has 0 spiro atoms. The van der Waals surface area contributed by atoms with Crippen molar-refractivity contribution in [3.05, 3.63) is 53.3 Å². The monoisotopic (exact) mass is 286 g/mol. The van der Waals surface area contributed by atoms with Crippen molar-refractivity contribution in [2.75, 3.05) is 21.1 Å². The molecule has 0 atom stereocenters. The first-order valence-corrected chi connectivity index (χ1v) is 6.94. The quantitative estimate of drug-likeness (QED) is 0.841.